The minimum absolute atomic E-state index is 0.0876. The average Bonchev–Trinajstić information content (AvgIpc) is 2.59. The number of pyridine rings is 1. The van der Waals surface area contributed by atoms with E-state index in [9.17, 15) is 0 Å². The third kappa shape index (κ3) is 1.26. The number of hydrogen-bond acceptors (Lipinski definition) is 4. The van der Waals surface area contributed by atoms with Crippen LogP contribution in [0.1, 0.15) is 11.6 Å². The fraction of sp³-hybridized carbons (Fsp3) is 0.333. The predicted octanol–water partition coefficient (Wildman–Crippen LogP) is -0.0396. The molecule has 0 fully saturated rings. The summed E-state index contributed by atoms with van der Waals surface area (Å²) in [6.07, 6.45) is 3.36. The van der Waals surface area contributed by atoms with Gasteiger partial charge in [0.25, 0.3) is 0 Å². The van der Waals surface area contributed by atoms with E-state index in [0.717, 1.165) is 16.7 Å². The summed E-state index contributed by atoms with van der Waals surface area (Å²) in [5, 5.41) is 8.97. The van der Waals surface area contributed by atoms with Crippen molar-refractivity contribution in [2.45, 2.75) is 6.04 Å². The topological polar surface area (TPSA) is 77.0 Å². The molecular formula is C9H12N4O. The van der Waals surface area contributed by atoms with Crippen molar-refractivity contribution in [1.29, 1.82) is 0 Å². The number of aliphatic hydroxyl groups is 1. The second-order valence-corrected chi connectivity index (χ2v) is 3.22. The van der Waals surface area contributed by atoms with Crippen molar-refractivity contribution in [3.05, 3.63) is 24.2 Å². The van der Waals surface area contributed by atoms with Gasteiger partial charge < -0.3 is 15.4 Å². The fourth-order valence-corrected chi connectivity index (χ4v) is 1.44. The molecule has 2 aromatic heterocycles. The van der Waals surface area contributed by atoms with E-state index in [1.807, 2.05) is 11.6 Å². The SMILES string of the molecule is Cn1cnc2c(C(N)CO)ccnc21. The Bertz CT molecular complexity index is 451. The highest BCUT2D eigenvalue weighted by atomic mass is 16.3. The molecule has 0 bridgehead atoms. The number of nitrogens with two attached hydrogens (primary N) is 1. The van der Waals surface area contributed by atoms with Gasteiger partial charge in [-0.1, -0.05) is 0 Å². The summed E-state index contributed by atoms with van der Waals surface area (Å²) in [5.74, 6) is 0. The van der Waals surface area contributed by atoms with Gasteiger partial charge in [0.1, 0.15) is 5.52 Å². The lowest BCUT2D eigenvalue weighted by molar-refractivity contribution is 0.268. The molecule has 0 amide bonds. The monoisotopic (exact) mass is 192 g/mol. The maximum Gasteiger partial charge on any atom is 0.159 e. The van der Waals surface area contributed by atoms with Crippen molar-refractivity contribution in [3.8, 4) is 0 Å². The third-order valence-corrected chi connectivity index (χ3v) is 2.23. The van der Waals surface area contributed by atoms with Gasteiger partial charge in [-0.2, -0.15) is 0 Å². The minimum Gasteiger partial charge on any atom is -0.394 e. The quantitative estimate of drug-likeness (QED) is 0.700. The van der Waals surface area contributed by atoms with Gasteiger partial charge in [0.15, 0.2) is 5.65 Å². The largest absolute Gasteiger partial charge is 0.394 e. The molecule has 0 aliphatic carbocycles. The molecule has 0 radical (unpaired) electrons. The van der Waals surface area contributed by atoms with Gasteiger partial charge in [-0.25, -0.2) is 9.97 Å². The van der Waals surface area contributed by atoms with Crippen LogP contribution in [-0.2, 0) is 7.05 Å². The second kappa shape index (κ2) is 3.36. The van der Waals surface area contributed by atoms with Gasteiger partial charge in [0.2, 0.25) is 0 Å². The van der Waals surface area contributed by atoms with Gasteiger partial charge in [0.05, 0.1) is 19.0 Å². The van der Waals surface area contributed by atoms with E-state index in [1.165, 1.54) is 0 Å². The Morgan fingerprint density at radius 3 is 3.07 bits per heavy atom. The standard InChI is InChI=1S/C9H12N4O/c1-13-5-12-8-6(7(10)4-14)2-3-11-9(8)13/h2-3,5,7,14H,4,10H2,1H3. The van der Waals surface area contributed by atoms with E-state index in [0.29, 0.717) is 0 Å². The first-order chi connectivity index (χ1) is 6.74. The molecule has 0 aromatic carbocycles. The van der Waals surface area contributed by atoms with Crippen LogP contribution in [0.3, 0.4) is 0 Å². The Morgan fingerprint density at radius 1 is 1.57 bits per heavy atom. The van der Waals surface area contributed by atoms with Gasteiger partial charge in [-0.3, -0.25) is 0 Å². The Hall–Kier alpha value is -1.46. The van der Waals surface area contributed by atoms with Crippen molar-refractivity contribution in [1.82, 2.24) is 14.5 Å². The van der Waals surface area contributed by atoms with E-state index < -0.39 is 6.04 Å². The molecule has 2 heterocycles. The summed E-state index contributed by atoms with van der Waals surface area (Å²) < 4.78 is 1.82. The highest BCUT2D eigenvalue weighted by Crippen LogP contribution is 2.18. The number of imidazole rings is 1. The molecular weight excluding hydrogens is 180 g/mol. The second-order valence-electron chi connectivity index (χ2n) is 3.22. The first-order valence-corrected chi connectivity index (χ1v) is 4.36. The Kier molecular flexibility index (Phi) is 2.18. The van der Waals surface area contributed by atoms with Crippen LogP contribution in [0.15, 0.2) is 18.6 Å². The van der Waals surface area contributed by atoms with Crippen molar-refractivity contribution in [2.24, 2.45) is 12.8 Å². The summed E-state index contributed by atoms with van der Waals surface area (Å²) in [4.78, 5) is 8.38. The molecule has 3 N–H and O–H groups in total. The van der Waals surface area contributed by atoms with Crippen molar-refractivity contribution < 1.29 is 5.11 Å². The first-order valence-electron chi connectivity index (χ1n) is 4.36. The van der Waals surface area contributed by atoms with E-state index in [1.54, 1.807) is 18.6 Å². The van der Waals surface area contributed by atoms with Gasteiger partial charge in [-0.15, -0.1) is 0 Å². The van der Waals surface area contributed by atoms with Crippen LogP contribution in [0.2, 0.25) is 0 Å². The van der Waals surface area contributed by atoms with Gasteiger partial charge in [-0.05, 0) is 6.07 Å². The molecule has 5 nitrogen and oxygen atoms in total. The summed E-state index contributed by atoms with van der Waals surface area (Å²) in [6, 6.07) is 1.39. The molecule has 1 unspecified atom stereocenters. The molecule has 0 saturated heterocycles. The maximum atomic E-state index is 8.97. The molecule has 5 heteroatoms. The van der Waals surface area contributed by atoms with Crippen molar-refractivity contribution in [2.75, 3.05) is 6.61 Å². The average molecular weight is 192 g/mol. The number of aryl methyl sites for hydroxylation is 1. The molecule has 2 rings (SSSR count). The van der Waals surface area contributed by atoms with Crippen LogP contribution >= 0.6 is 0 Å². The van der Waals surface area contributed by atoms with Gasteiger partial charge >= 0.3 is 0 Å². The highest BCUT2D eigenvalue weighted by Gasteiger charge is 2.11. The van der Waals surface area contributed by atoms with Crippen LogP contribution in [0, 0.1) is 0 Å². The van der Waals surface area contributed by atoms with Gasteiger partial charge in [0, 0.05) is 18.8 Å². The minimum atomic E-state index is -0.393. The Labute approximate surface area is 81.2 Å². The lowest BCUT2D eigenvalue weighted by atomic mass is 10.1. The van der Waals surface area contributed by atoms with Crippen LogP contribution < -0.4 is 5.73 Å². The van der Waals surface area contributed by atoms with E-state index in [4.69, 9.17) is 10.8 Å². The highest BCUT2D eigenvalue weighted by molar-refractivity contribution is 5.75. The zero-order chi connectivity index (χ0) is 10.1. The maximum absolute atomic E-state index is 8.97. The Balaban J connectivity index is 2.65. The smallest absolute Gasteiger partial charge is 0.159 e. The normalized spacial score (nSPS) is 13.4. The van der Waals surface area contributed by atoms with E-state index >= 15 is 0 Å². The van der Waals surface area contributed by atoms with Crippen LogP contribution in [0.4, 0.5) is 0 Å². The number of aromatic nitrogens is 3. The molecule has 0 aliphatic heterocycles. The summed E-state index contributed by atoms with van der Waals surface area (Å²) in [6.45, 7) is -0.0876. The van der Waals surface area contributed by atoms with E-state index in [-0.39, 0.29) is 6.61 Å². The number of nitrogens with zero attached hydrogens (tertiary/aromatic N) is 3. The van der Waals surface area contributed by atoms with Crippen LogP contribution in [-0.4, -0.2) is 26.2 Å². The predicted molar refractivity (Wildman–Crippen MR) is 52.5 cm³/mol. The number of aliphatic hydroxyl groups excluding tert-OH is 1. The first kappa shape index (κ1) is 9.11. The zero-order valence-corrected chi connectivity index (χ0v) is 7.88. The number of rotatable bonds is 2. The number of fused-ring (bicyclic) bond motifs is 1. The van der Waals surface area contributed by atoms with Crippen molar-refractivity contribution in [3.63, 3.8) is 0 Å². The molecule has 74 valence electrons. The lowest BCUT2D eigenvalue weighted by Gasteiger charge is -2.08. The summed E-state index contributed by atoms with van der Waals surface area (Å²) >= 11 is 0. The van der Waals surface area contributed by atoms with E-state index in [2.05, 4.69) is 9.97 Å². The zero-order valence-electron chi connectivity index (χ0n) is 7.88. The molecule has 1 atom stereocenters. The molecule has 0 spiro atoms. The molecule has 14 heavy (non-hydrogen) atoms. The lowest BCUT2D eigenvalue weighted by Crippen LogP contribution is -2.15. The van der Waals surface area contributed by atoms with Crippen molar-refractivity contribution >= 4 is 11.2 Å². The van der Waals surface area contributed by atoms with Crippen LogP contribution in [0.25, 0.3) is 11.2 Å². The molecule has 0 saturated carbocycles. The number of hydrogen-bond donors (Lipinski definition) is 2. The Morgan fingerprint density at radius 2 is 2.36 bits per heavy atom. The fourth-order valence-electron chi connectivity index (χ4n) is 1.44. The summed E-state index contributed by atoms with van der Waals surface area (Å²) in [7, 11) is 1.87. The molecule has 2 aromatic rings. The summed E-state index contributed by atoms with van der Waals surface area (Å²) in [5.41, 5.74) is 8.12. The van der Waals surface area contributed by atoms with Crippen LogP contribution in [0.5, 0.6) is 0 Å². The molecule has 0 aliphatic rings. The third-order valence-electron chi connectivity index (χ3n) is 2.23.